The summed E-state index contributed by atoms with van der Waals surface area (Å²) in [5, 5.41) is 31.9. The quantitative estimate of drug-likeness (QED) is 0.433. The average molecular weight is 260 g/mol. The molecule has 7 nitrogen and oxygen atoms in total. The van der Waals surface area contributed by atoms with Crippen molar-refractivity contribution in [2.45, 2.75) is 50.3 Å². The Morgan fingerprint density at radius 3 is 2.50 bits per heavy atom. The summed E-state index contributed by atoms with van der Waals surface area (Å²) in [4.78, 5) is 22.2. The number of carboxylic acids is 1. The van der Waals surface area contributed by atoms with Crippen molar-refractivity contribution in [3.05, 3.63) is 0 Å². The maximum atomic E-state index is 11.5. The molecule has 1 aliphatic carbocycles. The molecule has 0 heterocycles. The van der Waals surface area contributed by atoms with E-state index < -0.39 is 30.8 Å². The lowest BCUT2D eigenvalue weighted by Gasteiger charge is -2.23. The van der Waals surface area contributed by atoms with Gasteiger partial charge < -0.3 is 26.0 Å². The molecule has 0 spiro atoms. The van der Waals surface area contributed by atoms with Gasteiger partial charge in [0.15, 0.2) is 6.04 Å². The zero-order valence-corrected chi connectivity index (χ0v) is 10.1. The van der Waals surface area contributed by atoms with Gasteiger partial charge >= 0.3 is 12.0 Å². The van der Waals surface area contributed by atoms with E-state index in [1.165, 1.54) is 0 Å². The molecule has 2 unspecified atom stereocenters. The third-order valence-corrected chi connectivity index (χ3v) is 3.08. The Morgan fingerprint density at radius 2 is 1.89 bits per heavy atom. The minimum atomic E-state index is -1.33. The normalized spacial score (nSPS) is 25.9. The van der Waals surface area contributed by atoms with Crippen LogP contribution in [-0.2, 0) is 4.79 Å². The first-order valence-electron chi connectivity index (χ1n) is 6.13. The largest absolute Gasteiger partial charge is 0.480 e. The second-order valence-corrected chi connectivity index (χ2v) is 4.50. The topological polar surface area (TPSA) is 119 Å². The predicted octanol–water partition coefficient (Wildman–Crippen LogP) is -0.575. The van der Waals surface area contributed by atoms with Crippen LogP contribution in [0.15, 0.2) is 0 Å². The lowest BCUT2D eigenvalue weighted by Crippen LogP contribution is -2.52. The number of carbonyl (C=O) groups excluding carboxylic acids is 1. The van der Waals surface area contributed by atoms with Crippen molar-refractivity contribution in [3.63, 3.8) is 0 Å². The van der Waals surface area contributed by atoms with Crippen molar-refractivity contribution in [1.82, 2.24) is 10.6 Å². The Labute approximate surface area is 105 Å². The standard InChI is InChI=1S/C11H20N2O5/c14-6-8(10(16)17)13-11(18)12-7-4-2-1-3-5-9(7)15/h7-9,14-15H,1-6H2,(H,16,17)(H2,12,13,18)/t7?,8-,9?/m1/s1. The summed E-state index contributed by atoms with van der Waals surface area (Å²) in [6.07, 6.45) is 3.57. The maximum Gasteiger partial charge on any atom is 0.328 e. The van der Waals surface area contributed by atoms with E-state index in [1.54, 1.807) is 0 Å². The molecule has 1 rings (SSSR count). The zero-order valence-electron chi connectivity index (χ0n) is 10.1. The monoisotopic (exact) mass is 260 g/mol. The third-order valence-electron chi connectivity index (χ3n) is 3.08. The summed E-state index contributed by atoms with van der Waals surface area (Å²) in [5.74, 6) is -1.30. The highest BCUT2D eigenvalue weighted by atomic mass is 16.4. The van der Waals surface area contributed by atoms with Crippen molar-refractivity contribution in [2.24, 2.45) is 0 Å². The predicted molar refractivity (Wildman–Crippen MR) is 63.1 cm³/mol. The molecule has 0 radical (unpaired) electrons. The summed E-state index contributed by atoms with van der Waals surface area (Å²) >= 11 is 0. The highest BCUT2D eigenvalue weighted by molar-refractivity contribution is 5.82. The maximum absolute atomic E-state index is 11.5. The number of nitrogens with one attached hydrogen (secondary N) is 2. The van der Waals surface area contributed by atoms with Gasteiger partial charge in [0.1, 0.15) is 0 Å². The van der Waals surface area contributed by atoms with Crippen LogP contribution in [0.1, 0.15) is 32.1 Å². The average Bonchev–Trinajstić information content (AvgIpc) is 2.51. The van der Waals surface area contributed by atoms with E-state index >= 15 is 0 Å². The summed E-state index contributed by atoms with van der Waals surface area (Å²) in [6.45, 7) is -0.671. The van der Waals surface area contributed by atoms with Gasteiger partial charge in [-0.3, -0.25) is 0 Å². The smallest absolute Gasteiger partial charge is 0.328 e. The number of hydrogen-bond donors (Lipinski definition) is 5. The van der Waals surface area contributed by atoms with Gasteiger partial charge in [0.2, 0.25) is 0 Å². The Hall–Kier alpha value is -1.34. The van der Waals surface area contributed by atoms with Crippen LogP contribution in [0.3, 0.4) is 0 Å². The number of carbonyl (C=O) groups is 2. The summed E-state index contributed by atoms with van der Waals surface area (Å²) in [6, 6.07) is -2.36. The molecule has 104 valence electrons. The third kappa shape index (κ3) is 4.50. The van der Waals surface area contributed by atoms with Crippen LogP contribution in [0.5, 0.6) is 0 Å². The van der Waals surface area contributed by atoms with E-state index in [2.05, 4.69) is 10.6 Å². The highest BCUT2D eigenvalue weighted by Crippen LogP contribution is 2.17. The first-order valence-corrected chi connectivity index (χ1v) is 6.13. The van der Waals surface area contributed by atoms with Crippen LogP contribution in [0.2, 0.25) is 0 Å². The number of hydrogen-bond acceptors (Lipinski definition) is 4. The Morgan fingerprint density at radius 1 is 1.22 bits per heavy atom. The van der Waals surface area contributed by atoms with Gasteiger partial charge in [0.05, 0.1) is 18.8 Å². The van der Waals surface area contributed by atoms with Gasteiger partial charge in [-0.1, -0.05) is 19.3 Å². The van der Waals surface area contributed by atoms with Gasteiger partial charge in [0, 0.05) is 0 Å². The number of rotatable bonds is 4. The van der Waals surface area contributed by atoms with Crippen LogP contribution >= 0.6 is 0 Å². The van der Waals surface area contributed by atoms with Crippen molar-refractivity contribution in [3.8, 4) is 0 Å². The van der Waals surface area contributed by atoms with Crippen molar-refractivity contribution in [1.29, 1.82) is 0 Å². The highest BCUT2D eigenvalue weighted by Gasteiger charge is 2.25. The number of amides is 2. The minimum Gasteiger partial charge on any atom is -0.480 e. The molecule has 1 aliphatic rings. The summed E-state index contributed by atoms with van der Waals surface area (Å²) in [5.41, 5.74) is 0. The first kappa shape index (κ1) is 14.7. The number of aliphatic hydroxyl groups excluding tert-OH is 2. The van der Waals surface area contributed by atoms with Crippen molar-refractivity contribution >= 4 is 12.0 Å². The SMILES string of the molecule is O=C(NC1CCCCCC1O)N[C@H](CO)C(=O)O. The zero-order chi connectivity index (χ0) is 13.5. The van der Waals surface area contributed by atoms with Crippen molar-refractivity contribution < 1.29 is 24.9 Å². The summed E-state index contributed by atoms with van der Waals surface area (Å²) in [7, 11) is 0. The lowest BCUT2D eigenvalue weighted by molar-refractivity contribution is -0.140. The van der Waals surface area contributed by atoms with Crippen LogP contribution in [0.25, 0.3) is 0 Å². The number of aliphatic hydroxyl groups is 2. The molecule has 0 aromatic carbocycles. The van der Waals surface area contributed by atoms with Crippen LogP contribution in [-0.4, -0.2) is 52.1 Å². The van der Waals surface area contributed by atoms with Crippen molar-refractivity contribution in [2.75, 3.05) is 6.61 Å². The Balaban J connectivity index is 2.44. The van der Waals surface area contributed by atoms with E-state index in [0.29, 0.717) is 12.8 Å². The lowest BCUT2D eigenvalue weighted by atomic mass is 10.1. The minimum absolute atomic E-state index is 0.361. The first-order chi connectivity index (χ1) is 8.54. The molecular formula is C11H20N2O5. The second-order valence-electron chi connectivity index (χ2n) is 4.50. The van der Waals surface area contributed by atoms with Crippen LogP contribution in [0.4, 0.5) is 4.79 Å². The summed E-state index contributed by atoms with van der Waals surface area (Å²) < 4.78 is 0. The van der Waals surface area contributed by atoms with Crippen LogP contribution < -0.4 is 10.6 Å². The molecule has 1 fully saturated rings. The van der Waals surface area contributed by atoms with Crippen LogP contribution in [0, 0.1) is 0 Å². The molecule has 0 aromatic rings. The van der Waals surface area contributed by atoms with E-state index in [4.69, 9.17) is 10.2 Å². The Bertz CT molecular complexity index is 297. The number of aliphatic carboxylic acids is 1. The molecule has 0 saturated heterocycles. The molecule has 0 aromatic heterocycles. The van der Waals surface area contributed by atoms with Gasteiger partial charge in [-0.05, 0) is 12.8 Å². The van der Waals surface area contributed by atoms with E-state index in [1.807, 2.05) is 0 Å². The molecule has 18 heavy (non-hydrogen) atoms. The van der Waals surface area contributed by atoms with E-state index in [-0.39, 0.29) is 6.04 Å². The van der Waals surface area contributed by atoms with Gasteiger partial charge in [0.25, 0.3) is 0 Å². The molecule has 7 heteroatoms. The fourth-order valence-corrected chi connectivity index (χ4v) is 2.01. The molecule has 5 N–H and O–H groups in total. The molecular weight excluding hydrogens is 240 g/mol. The fourth-order valence-electron chi connectivity index (χ4n) is 2.01. The molecule has 3 atom stereocenters. The van der Waals surface area contributed by atoms with Gasteiger partial charge in [-0.2, -0.15) is 0 Å². The molecule has 1 saturated carbocycles. The molecule has 0 bridgehead atoms. The fraction of sp³-hybridized carbons (Fsp3) is 0.818. The molecule has 2 amide bonds. The van der Waals surface area contributed by atoms with Gasteiger partial charge in [-0.15, -0.1) is 0 Å². The number of carboxylic acid groups (broad SMARTS) is 1. The number of urea groups is 1. The molecule has 0 aliphatic heterocycles. The Kier molecular flexibility index (Phi) is 5.87. The van der Waals surface area contributed by atoms with E-state index in [0.717, 1.165) is 19.3 Å². The van der Waals surface area contributed by atoms with Gasteiger partial charge in [-0.25, -0.2) is 9.59 Å². The van der Waals surface area contributed by atoms with E-state index in [9.17, 15) is 14.7 Å². The second kappa shape index (κ2) is 7.17.